The number of aliphatic hydroxyl groups excluding tert-OH is 1. The number of fused-ring (bicyclic) bond motifs is 3. The minimum atomic E-state index is -2.70. The van der Waals surface area contributed by atoms with Crippen LogP contribution in [0.2, 0.25) is 0 Å². The number of aromatic nitrogens is 1. The molecule has 3 N–H and O–H groups in total. The number of H-pyrrole nitrogens is 1. The SMILES string of the molecule is OC(CNC1CCCc2c1[nH]c1ccccc21)C(F)F. The van der Waals surface area contributed by atoms with Crippen LogP contribution in [0.5, 0.6) is 0 Å². The van der Waals surface area contributed by atoms with Crippen LogP contribution in [-0.4, -0.2) is 29.2 Å². The number of aromatic amines is 1. The van der Waals surface area contributed by atoms with E-state index in [4.69, 9.17) is 0 Å². The minimum Gasteiger partial charge on any atom is -0.386 e. The normalized spacial score (nSPS) is 20.3. The Kier molecular flexibility index (Phi) is 3.72. The molecular formula is C15H18F2N2O. The molecule has 3 nitrogen and oxygen atoms in total. The predicted octanol–water partition coefficient (Wildman–Crippen LogP) is 2.76. The molecule has 1 aromatic heterocycles. The molecule has 2 aromatic rings. The molecule has 0 saturated heterocycles. The third-order valence-electron chi connectivity index (χ3n) is 3.98. The first kappa shape index (κ1) is 13.5. The second kappa shape index (κ2) is 5.50. The van der Waals surface area contributed by atoms with E-state index in [1.165, 1.54) is 10.9 Å². The Morgan fingerprint density at radius 1 is 1.35 bits per heavy atom. The van der Waals surface area contributed by atoms with E-state index in [1.807, 2.05) is 18.2 Å². The molecule has 108 valence electrons. The first-order valence-corrected chi connectivity index (χ1v) is 6.96. The van der Waals surface area contributed by atoms with Gasteiger partial charge in [-0.3, -0.25) is 0 Å². The van der Waals surface area contributed by atoms with E-state index in [-0.39, 0.29) is 12.6 Å². The largest absolute Gasteiger partial charge is 0.386 e. The number of nitrogens with one attached hydrogen (secondary N) is 2. The molecule has 1 aliphatic rings. The maximum atomic E-state index is 12.3. The smallest absolute Gasteiger partial charge is 0.265 e. The van der Waals surface area contributed by atoms with Gasteiger partial charge in [0.05, 0.1) is 0 Å². The topological polar surface area (TPSA) is 48.0 Å². The maximum Gasteiger partial charge on any atom is 0.265 e. The van der Waals surface area contributed by atoms with Crippen LogP contribution in [0.1, 0.15) is 30.1 Å². The summed E-state index contributed by atoms with van der Waals surface area (Å²) >= 11 is 0. The maximum absolute atomic E-state index is 12.3. The van der Waals surface area contributed by atoms with Crippen LogP contribution in [-0.2, 0) is 6.42 Å². The molecule has 0 aliphatic heterocycles. The monoisotopic (exact) mass is 280 g/mol. The lowest BCUT2D eigenvalue weighted by atomic mass is 9.91. The third kappa shape index (κ3) is 2.43. The molecule has 2 unspecified atom stereocenters. The van der Waals surface area contributed by atoms with Gasteiger partial charge in [0, 0.05) is 29.2 Å². The molecule has 1 aliphatic carbocycles. The van der Waals surface area contributed by atoms with Gasteiger partial charge in [-0.1, -0.05) is 18.2 Å². The fourth-order valence-electron chi connectivity index (χ4n) is 2.97. The van der Waals surface area contributed by atoms with Crippen molar-refractivity contribution in [3.05, 3.63) is 35.5 Å². The predicted molar refractivity (Wildman–Crippen MR) is 74.0 cm³/mol. The molecule has 0 amide bonds. The number of hydrogen-bond acceptors (Lipinski definition) is 2. The van der Waals surface area contributed by atoms with Crippen molar-refractivity contribution in [2.75, 3.05) is 6.54 Å². The van der Waals surface area contributed by atoms with E-state index in [0.717, 1.165) is 30.5 Å². The summed E-state index contributed by atoms with van der Waals surface area (Å²) in [5.74, 6) is 0. The van der Waals surface area contributed by atoms with Gasteiger partial charge < -0.3 is 15.4 Å². The van der Waals surface area contributed by atoms with Crippen molar-refractivity contribution in [1.82, 2.24) is 10.3 Å². The van der Waals surface area contributed by atoms with Crippen molar-refractivity contribution < 1.29 is 13.9 Å². The second-order valence-corrected chi connectivity index (χ2v) is 5.32. The fraction of sp³-hybridized carbons (Fsp3) is 0.467. The van der Waals surface area contributed by atoms with Crippen molar-refractivity contribution in [3.8, 4) is 0 Å². The van der Waals surface area contributed by atoms with Gasteiger partial charge >= 0.3 is 0 Å². The number of para-hydroxylation sites is 1. The Hall–Kier alpha value is -1.46. The van der Waals surface area contributed by atoms with Gasteiger partial charge in [-0.05, 0) is 30.9 Å². The average Bonchev–Trinajstić information content (AvgIpc) is 2.83. The van der Waals surface area contributed by atoms with Gasteiger partial charge in [-0.2, -0.15) is 0 Å². The molecule has 0 saturated carbocycles. The quantitative estimate of drug-likeness (QED) is 0.806. The highest BCUT2D eigenvalue weighted by Gasteiger charge is 2.25. The van der Waals surface area contributed by atoms with Gasteiger partial charge in [-0.15, -0.1) is 0 Å². The standard InChI is InChI=1S/C15H18F2N2O/c16-15(17)13(20)8-18-12-7-3-5-10-9-4-1-2-6-11(9)19-14(10)12/h1-2,4,6,12-13,15,18-20H,3,5,7-8H2. The Labute approximate surface area is 116 Å². The third-order valence-corrected chi connectivity index (χ3v) is 3.98. The van der Waals surface area contributed by atoms with Crippen LogP contribution in [0.25, 0.3) is 10.9 Å². The molecule has 1 aromatic carbocycles. The number of aryl methyl sites for hydroxylation is 1. The Morgan fingerprint density at radius 2 is 2.15 bits per heavy atom. The average molecular weight is 280 g/mol. The summed E-state index contributed by atoms with van der Waals surface area (Å²) < 4.78 is 24.7. The lowest BCUT2D eigenvalue weighted by molar-refractivity contribution is -0.00496. The number of aliphatic hydroxyl groups is 1. The molecule has 5 heteroatoms. The number of alkyl halides is 2. The molecule has 0 radical (unpaired) electrons. The van der Waals surface area contributed by atoms with E-state index in [2.05, 4.69) is 16.4 Å². The van der Waals surface area contributed by atoms with Crippen LogP contribution in [0, 0.1) is 0 Å². The van der Waals surface area contributed by atoms with Crippen LogP contribution < -0.4 is 5.32 Å². The summed E-state index contributed by atoms with van der Waals surface area (Å²) in [6.07, 6.45) is -1.37. The van der Waals surface area contributed by atoms with Crippen LogP contribution in [0.4, 0.5) is 8.78 Å². The summed E-state index contributed by atoms with van der Waals surface area (Å²) in [5.41, 5.74) is 3.44. The zero-order chi connectivity index (χ0) is 14.1. The highest BCUT2D eigenvalue weighted by Crippen LogP contribution is 2.34. The molecule has 2 atom stereocenters. The second-order valence-electron chi connectivity index (χ2n) is 5.32. The Balaban J connectivity index is 1.83. The van der Waals surface area contributed by atoms with Gasteiger partial charge in [-0.25, -0.2) is 8.78 Å². The lowest BCUT2D eigenvalue weighted by Gasteiger charge is -2.25. The zero-order valence-electron chi connectivity index (χ0n) is 11.1. The van der Waals surface area contributed by atoms with E-state index >= 15 is 0 Å². The van der Waals surface area contributed by atoms with Crippen molar-refractivity contribution in [1.29, 1.82) is 0 Å². The van der Waals surface area contributed by atoms with Gasteiger partial charge in [0.15, 0.2) is 0 Å². The van der Waals surface area contributed by atoms with Crippen molar-refractivity contribution in [2.24, 2.45) is 0 Å². The van der Waals surface area contributed by atoms with Crippen LogP contribution in [0.3, 0.4) is 0 Å². The first-order chi connectivity index (χ1) is 9.66. The zero-order valence-corrected chi connectivity index (χ0v) is 11.1. The molecule has 1 heterocycles. The van der Waals surface area contributed by atoms with Crippen molar-refractivity contribution in [3.63, 3.8) is 0 Å². The number of benzene rings is 1. The molecule has 0 bridgehead atoms. The van der Waals surface area contributed by atoms with Gasteiger partial charge in [0.25, 0.3) is 6.43 Å². The van der Waals surface area contributed by atoms with Crippen molar-refractivity contribution in [2.45, 2.75) is 37.8 Å². The van der Waals surface area contributed by atoms with E-state index < -0.39 is 12.5 Å². The molecule has 0 spiro atoms. The summed E-state index contributed by atoms with van der Waals surface area (Å²) in [4.78, 5) is 3.39. The van der Waals surface area contributed by atoms with Crippen LogP contribution in [0.15, 0.2) is 24.3 Å². The summed E-state index contributed by atoms with van der Waals surface area (Å²) in [6, 6.07) is 8.11. The Morgan fingerprint density at radius 3 is 2.95 bits per heavy atom. The fourth-order valence-corrected chi connectivity index (χ4v) is 2.97. The number of rotatable bonds is 4. The highest BCUT2D eigenvalue weighted by atomic mass is 19.3. The number of hydrogen-bond donors (Lipinski definition) is 3. The van der Waals surface area contributed by atoms with Crippen molar-refractivity contribution >= 4 is 10.9 Å². The summed E-state index contributed by atoms with van der Waals surface area (Å²) in [7, 11) is 0. The molecule has 20 heavy (non-hydrogen) atoms. The molecule has 3 rings (SSSR count). The summed E-state index contributed by atoms with van der Waals surface area (Å²) in [5, 5.41) is 13.5. The van der Waals surface area contributed by atoms with E-state index in [1.54, 1.807) is 0 Å². The van der Waals surface area contributed by atoms with Gasteiger partial charge in [0.1, 0.15) is 6.10 Å². The van der Waals surface area contributed by atoms with E-state index in [0.29, 0.717) is 0 Å². The first-order valence-electron chi connectivity index (χ1n) is 6.96. The summed E-state index contributed by atoms with van der Waals surface area (Å²) in [6.45, 7) is -0.0862. The highest BCUT2D eigenvalue weighted by molar-refractivity contribution is 5.85. The lowest BCUT2D eigenvalue weighted by Crippen LogP contribution is -2.35. The van der Waals surface area contributed by atoms with E-state index in [9.17, 15) is 13.9 Å². The minimum absolute atomic E-state index is 0.0135. The molecule has 0 fully saturated rings. The molecular weight excluding hydrogens is 262 g/mol. The van der Waals surface area contributed by atoms with Gasteiger partial charge in [0.2, 0.25) is 0 Å². The van der Waals surface area contributed by atoms with Crippen LogP contribution >= 0.6 is 0 Å². The number of halogens is 2. The Bertz CT molecular complexity index is 597.